The van der Waals surface area contributed by atoms with Crippen molar-refractivity contribution in [1.29, 1.82) is 0 Å². The lowest BCUT2D eigenvalue weighted by atomic mass is 10.1. The molecule has 11 heteroatoms. The second kappa shape index (κ2) is 5.14. The Bertz CT molecular complexity index is 711. The number of nitrogens with zero attached hydrogens (tertiary/aromatic N) is 7. The van der Waals surface area contributed by atoms with Gasteiger partial charge in [0.05, 0.1) is 19.0 Å². The maximum absolute atomic E-state index is 10.0. The first kappa shape index (κ1) is 13.5. The molecule has 0 aromatic carbocycles. The maximum Gasteiger partial charge on any atom is 0.167 e. The van der Waals surface area contributed by atoms with Crippen molar-refractivity contribution in [3.8, 4) is 0 Å². The lowest BCUT2D eigenvalue weighted by molar-refractivity contribution is -0.0437. The molecule has 11 nitrogen and oxygen atoms in total. The van der Waals surface area contributed by atoms with Gasteiger partial charge in [0.15, 0.2) is 11.5 Å². The highest BCUT2D eigenvalue weighted by atomic mass is 16.5. The summed E-state index contributed by atoms with van der Waals surface area (Å²) in [5, 5.41) is 22.8. The first-order valence-electron chi connectivity index (χ1n) is 6.09. The molecule has 21 heavy (non-hydrogen) atoms. The van der Waals surface area contributed by atoms with Crippen LogP contribution in [0.5, 0.6) is 0 Å². The monoisotopic (exact) mass is 292 g/mol. The van der Waals surface area contributed by atoms with Crippen molar-refractivity contribution < 1.29 is 14.9 Å². The molecule has 3 rings (SSSR count). The number of rotatable bonds is 3. The number of nitrogens with two attached hydrogens (primary N) is 1. The third-order valence-electron chi connectivity index (χ3n) is 3.36. The maximum atomic E-state index is 10.0. The van der Waals surface area contributed by atoms with Crippen LogP contribution in [0.15, 0.2) is 17.8 Å². The fourth-order valence-electron chi connectivity index (χ4n) is 2.35. The van der Waals surface area contributed by atoms with Crippen molar-refractivity contribution in [2.24, 2.45) is 5.11 Å². The molecule has 0 aliphatic carbocycles. The zero-order chi connectivity index (χ0) is 15.0. The van der Waals surface area contributed by atoms with Gasteiger partial charge in [-0.15, -0.1) is 0 Å². The number of nitrogen functional groups attached to an aromatic ring is 1. The molecule has 0 radical (unpaired) electrons. The minimum atomic E-state index is -1.13. The van der Waals surface area contributed by atoms with Gasteiger partial charge in [0, 0.05) is 4.91 Å². The minimum Gasteiger partial charge on any atom is -0.394 e. The summed E-state index contributed by atoms with van der Waals surface area (Å²) >= 11 is 0. The number of anilines is 1. The Labute approximate surface area is 117 Å². The average molecular weight is 292 g/mol. The van der Waals surface area contributed by atoms with Gasteiger partial charge >= 0.3 is 0 Å². The number of fused-ring (bicyclic) bond motifs is 1. The van der Waals surface area contributed by atoms with E-state index in [1.807, 2.05) is 0 Å². The van der Waals surface area contributed by atoms with Gasteiger partial charge in [-0.2, -0.15) is 0 Å². The molecule has 3 heterocycles. The van der Waals surface area contributed by atoms with E-state index in [1.54, 1.807) is 0 Å². The van der Waals surface area contributed by atoms with Crippen molar-refractivity contribution in [3.63, 3.8) is 0 Å². The summed E-state index contributed by atoms with van der Waals surface area (Å²) in [6, 6.07) is -0.916. The van der Waals surface area contributed by atoms with E-state index in [0.29, 0.717) is 11.2 Å². The molecule has 2 aromatic rings. The predicted molar refractivity (Wildman–Crippen MR) is 69.7 cm³/mol. The first-order valence-corrected chi connectivity index (χ1v) is 6.09. The zero-order valence-corrected chi connectivity index (χ0v) is 10.7. The van der Waals surface area contributed by atoms with Crippen molar-refractivity contribution in [2.75, 3.05) is 12.3 Å². The SMILES string of the molecule is [N-]=[N+]=N[C@H]1[C@H](O)[C@@H](CO)O[C@H]1n1cnc2c(N)ncnc21. The van der Waals surface area contributed by atoms with Gasteiger partial charge in [-0.3, -0.25) is 4.57 Å². The van der Waals surface area contributed by atoms with Crippen LogP contribution in [0.2, 0.25) is 0 Å². The number of aliphatic hydroxyl groups excluding tert-OH is 2. The molecular formula is C10H12N8O3. The third kappa shape index (κ3) is 2.04. The number of aromatic nitrogens is 4. The van der Waals surface area contributed by atoms with E-state index in [0.717, 1.165) is 0 Å². The van der Waals surface area contributed by atoms with Gasteiger partial charge < -0.3 is 20.7 Å². The summed E-state index contributed by atoms with van der Waals surface area (Å²) in [4.78, 5) is 14.7. The summed E-state index contributed by atoms with van der Waals surface area (Å²) < 4.78 is 7.03. The van der Waals surface area contributed by atoms with Gasteiger partial charge in [-0.1, -0.05) is 5.11 Å². The second-order valence-corrected chi connectivity index (χ2v) is 4.52. The van der Waals surface area contributed by atoms with Crippen LogP contribution in [0.25, 0.3) is 21.6 Å². The Balaban J connectivity index is 2.08. The second-order valence-electron chi connectivity index (χ2n) is 4.52. The molecule has 4 N–H and O–H groups in total. The van der Waals surface area contributed by atoms with Crippen LogP contribution in [0.3, 0.4) is 0 Å². The van der Waals surface area contributed by atoms with E-state index in [4.69, 9.17) is 16.0 Å². The minimum absolute atomic E-state index is 0.205. The van der Waals surface area contributed by atoms with Gasteiger partial charge in [-0.25, -0.2) is 15.0 Å². The summed E-state index contributed by atoms with van der Waals surface area (Å²) in [7, 11) is 0. The molecule has 0 amide bonds. The Morgan fingerprint density at radius 2 is 2.29 bits per heavy atom. The standard InChI is InChI=1S/C10H12N8O3/c11-8-6-9(14-2-13-8)18(3-15-6)10-5(16-17-12)7(20)4(1-19)21-10/h2-5,7,10,19-20H,1H2,(H2,11,13,14)/t4-,5+,7-,10-/m1/s1. The van der Waals surface area contributed by atoms with Gasteiger partial charge in [-0.05, 0) is 5.53 Å². The molecule has 1 aliphatic rings. The van der Waals surface area contributed by atoms with Crippen molar-refractivity contribution in [2.45, 2.75) is 24.5 Å². The van der Waals surface area contributed by atoms with E-state index in [1.165, 1.54) is 17.2 Å². The lowest BCUT2D eigenvalue weighted by Crippen LogP contribution is -2.31. The highest BCUT2D eigenvalue weighted by Crippen LogP contribution is 2.33. The smallest absolute Gasteiger partial charge is 0.167 e. The molecule has 4 atom stereocenters. The molecule has 0 bridgehead atoms. The molecule has 110 valence electrons. The van der Waals surface area contributed by atoms with E-state index < -0.39 is 31.1 Å². The number of ether oxygens (including phenoxy) is 1. The van der Waals surface area contributed by atoms with Gasteiger partial charge in [0.1, 0.15) is 30.2 Å². The highest BCUT2D eigenvalue weighted by Gasteiger charge is 2.44. The van der Waals surface area contributed by atoms with Gasteiger partial charge in [0.2, 0.25) is 0 Å². The quantitative estimate of drug-likeness (QED) is 0.383. The van der Waals surface area contributed by atoms with Crippen LogP contribution in [-0.2, 0) is 4.74 Å². The lowest BCUT2D eigenvalue weighted by Gasteiger charge is -2.16. The summed E-state index contributed by atoms with van der Waals surface area (Å²) in [6.45, 7) is -0.404. The largest absolute Gasteiger partial charge is 0.394 e. The average Bonchev–Trinajstić information content (AvgIpc) is 3.03. The Morgan fingerprint density at radius 3 is 3.00 bits per heavy atom. The summed E-state index contributed by atoms with van der Waals surface area (Å²) in [5.74, 6) is 0.205. The molecule has 0 saturated carbocycles. The van der Waals surface area contributed by atoms with Crippen LogP contribution >= 0.6 is 0 Å². The third-order valence-corrected chi connectivity index (χ3v) is 3.36. The number of azide groups is 1. The highest BCUT2D eigenvalue weighted by molar-refractivity contribution is 5.81. The molecule has 1 saturated heterocycles. The van der Waals surface area contributed by atoms with E-state index in [9.17, 15) is 10.2 Å². The molecular weight excluding hydrogens is 280 g/mol. The molecule has 0 spiro atoms. The number of imidazole rings is 1. The Hall–Kier alpha value is -2.46. The number of aliphatic hydroxyl groups is 2. The van der Waals surface area contributed by atoms with Crippen LogP contribution in [-0.4, -0.2) is 54.6 Å². The van der Waals surface area contributed by atoms with Crippen molar-refractivity contribution in [3.05, 3.63) is 23.1 Å². The van der Waals surface area contributed by atoms with Crippen LogP contribution in [0, 0.1) is 0 Å². The van der Waals surface area contributed by atoms with Gasteiger partial charge in [0.25, 0.3) is 0 Å². The van der Waals surface area contributed by atoms with Crippen LogP contribution in [0.1, 0.15) is 6.23 Å². The molecule has 2 aromatic heterocycles. The zero-order valence-electron chi connectivity index (χ0n) is 10.7. The van der Waals surface area contributed by atoms with E-state index in [-0.39, 0.29) is 5.82 Å². The van der Waals surface area contributed by atoms with E-state index in [2.05, 4.69) is 25.0 Å². The van der Waals surface area contributed by atoms with Crippen LogP contribution in [0.4, 0.5) is 5.82 Å². The normalized spacial score (nSPS) is 28.7. The first-order chi connectivity index (χ1) is 10.2. The van der Waals surface area contributed by atoms with Crippen molar-refractivity contribution in [1.82, 2.24) is 19.5 Å². The fraction of sp³-hybridized carbons (Fsp3) is 0.500. The molecule has 1 aliphatic heterocycles. The molecule has 0 unspecified atom stereocenters. The Kier molecular flexibility index (Phi) is 3.31. The van der Waals surface area contributed by atoms with E-state index >= 15 is 0 Å². The van der Waals surface area contributed by atoms with Crippen molar-refractivity contribution >= 4 is 17.0 Å². The number of hydrogen-bond donors (Lipinski definition) is 3. The topological polar surface area (TPSA) is 168 Å². The summed E-state index contributed by atoms with van der Waals surface area (Å²) in [5.41, 5.74) is 15.1. The molecule has 1 fully saturated rings. The fourth-order valence-corrected chi connectivity index (χ4v) is 2.35. The predicted octanol–water partition coefficient (Wildman–Crippen LogP) is -0.662. The Morgan fingerprint density at radius 1 is 1.48 bits per heavy atom. The van der Waals surface area contributed by atoms with Crippen LogP contribution < -0.4 is 5.73 Å². The summed E-state index contributed by atoms with van der Waals surface area (Å²) in [6.07, 6.45) is -0.151. The number of hydrogen-bond acceptors (Lipinski definition) is 8.